The molecule has 0 atom stereocenters. The lowest BCUT2D eigenvalue weighted by Crippen LogP contribution is -2.33. The van der Waals surface area contributed by atoms with Crippen molar-refractivity contribution in [1.29, 1.82) is 0 Å². The van der Waals surface area contributed by atoms with Gasteiger partial charge in [-0.15, -0.1) is 0 Å². The molecule has 0 radical (unpaired) electrons. The van der Waals surface area contributed by atoms with Gasteiger partial charge in [-0.2, -0.15) is 0 Å². The largest absolute Gasteiger partial charge is 0.509 e. The molecule has 6 heteroatoms. The highest BCUT2D eigenvalue weighted by Crippen LogP contribution is 2.18. The second-order valence-corrected chi connectivity index (χ2v) is 2.95. The summed E-state index contributed by atoms with van der Waals surface area (Å²) < 4.78 is 4.58. The van der Waals surface area contributed by atoms with E-state index in [1.165, 1.54) is 6.92 Å². The number of amides is 2. The third kappa shape index (κ3) is 1.98. The van der Waals surface area contributed by atoms with Gasteiger partial charge in [0, 0.05) is 6.92 Å². The van der Waals surface area contributed by atoms with Gasteiger partial charge in [0.15, 0.2) is 5.57 Å². The average Bonchev–Trinajstić information content (AvgIpc) is 2.42. The zero-order valence-electron chi connectivity index (χ0n) is 8.44. The van der Waals surface area contributed by atoms with Crippen molar-refractivity contribution in [1.82, 2.24) is 4.90 Å². The number of carbonyl (C=O) groups excluding carboxylic acids is 3. The number of rotatable bonds is 2. The van der Waals surface area contributed by atoms with Crippen molar-refractivity contribution in [3.8, 4) is 0 Å². The number of aliphatic hydroxyl groups is 1. The van der Waals surface area contributed by atoms with Crippen LogP contribution in [0.1, 0.15) is 13.8 Å². The molecular weight excluding hydrogens is 202 g/mol. The van der Waals surface area contributed by atoms with Gasteiger partial charge in [-0.25, -0.2) is 4.79 Å². The summed E-state index contributed by atoms with van der Waals surface area (Å²) in [5.41, 5.74) is -0.452. The Hall–Kier alpha value is -1.85. The number of ether oxygens (including phenoxy) is 1. The maximum Gasteiger partial charge on any atom is 0.347 e. The lowest BCUT2D eigenvalue weighted by atomic mass is 10.2. The lowest BCUT2D eigenvalue weighted by molar-refractivity contribution is -0.143. The zero-order valence-corrected chi connectivity index (χ0v) is 8.44. The number of hydrogen-bond donors (Lipinski definition) is 1. The first-order chi connectivity index (χ1) is 6.99. The summed E-state index contributed by atoms with van der Waals surface area (Å²) in [7, 11) is 0. The van der Waals surface area contributed by atoms with E-state index in [1.807, 2.05) is 0 Å². The van der Waals surface area contributed by atoms with E-state index in [-0.39, 0.29) is 13.2 Å². The fourth-order valence-electron chi connectivity index (χ4n) is 1.22. The number of carbonyl (C=O) groups is 3. The minimum absolute atomic E-state index is 0.100. The summed E-state index contributed by atoms with van der Waals surface area (Å²) in [6.45, 7) is 2.60. The molecule has 0 unspecified atom stereocenters. The van der Waals surface area contributed by atoms with Crippen molar-refractivity contribution < 1.29 is 24.2 Å². The normalized spacial score (nSPS) is 15.9. The molecule has 0 aromatic carbocycles. The molecule has 0 spiro atoms. The van der Waals surface area contributed by atoms with Crippen molar-refractivity contribution >= 4 is 17.8 Å². The molecule has 1 aliphatic heterocycles. The number of esters is 1. The minimum atomic E-state index is -0.899. The van der Waals surface area contributed by atoms with Gasteiger partial charge in [-0.1, -0.05) is 0 Å². The molecule has 1 heterocycles. The highest BCUT2D eigenvalue weighted by molar-refractivity contribution is 6.21. The Morgan fingerprint density at radius 3 is 2.53 bits per heavy atom. The molecule has 0 fully saturated rings. The molecule has 82 valence electrons. The van der Waals surface area contributed by atoms with Gasteiger partial charge in [0.1, 0.15) is 5.76 Å². The van der Waals surface area contributed by atoms with Gasteiger partial charge in [-0.05, 0) is 6.92 Å². The van der Waals surface area contributed by atoms with E-state index >= 15 is 0 Å². The van der Waals surface area contributed by atoms with Crippen molar-refractivity contribution in [2.45, 2.75) is 13.8 Å². The van der Waals surface area contributed by atoms with Crippen molar-refractivity contribution in [3.63, 3.8) is 0 Å². The Balaban J connectivity index is 2.91. The van der Waals surface area contributed by atoms with Crippen LogP contribution in [0.25, 0.3) is 0 Å². The number of imide groups is 1. The quantitative estimate of drug-likeness (QED) is 0.505. The van der Waals surface area contributed by atoms with Crippen LogP contribution < -0.4 is 0 Å². The molecule has 0 aromatic heterocycles. The summed E-state index contributed by atoms with van der Waals surface area (Å²) in [5.74, 6) is -2.65. The van der Waals surface area contributed by atoms with Gasteiger partial charge >= 0.3 is 5.97 Å². The van der Waals surface area contributed by atoms with Crippen LogP contribution in [0.4, 0.5) is 0 Å². The second-order valence-electron chi connectivity index (χ2n) is 2.95. The zero-order chi connectivity index (χ0) is 11.6. The van der Waals surface area contributed by atoms with E-state index in [0.717, 1.165) is 4.90 Å². The van der Waals surface area contributed by atoms with Gasteiger partial charge in [0.25, 0.3) is 5.91 Å². The van der Waals surface area contributed by atoms with Gasteiger partial charge in [-0.3, -0.25) is 14.5 Å². The molecule has 15 heavy (non-hydrogen) atoms. The molecule has 0 aliphatic carbocycles. The molecule has 1 rings (SSSR count). The van der Waals surface area contributed by atoms with Crippen molar-refractivity contribution in [3.05, 3.63) is 11.3 Å². The van der Waals surface area contributed by atoms with Crippen LogP contribution in [-0.4, -0.2) is 40.9 Å². The summed E-state index contributed by atoms with van der Waals surface area (Å²) in [4.78, 5) is 34.4. The molecule has 0 bridgehead atoms. The first kappa shape index (κ1) is 11.2. The van der Waals surface area contributed by atoms with E-state index in [4.69, 9.17) is 0 Å². The SMILES string of the molecule is CCOC(=O)C1=C(O)CN(C(C)=O)C1=O. The van der Waals surface area contributed by atoms with E-state index in [2.05, 4.69) is 4.74 Å². The van der Waals surface area contributed by atoms with Crippen LogP contribution in [0.3, 0.4) is 0 Å². The van der Waals surface area contributed by atoms with E-state index < -0.39 is 29.1 Å². The van der Waals surface area contributed by atoms with Crippen LogP contribution in [-0.2, 0) is 19.1 Å². The third-order valence-electron chi connectivity index (χ3n) is 1.92. The Kier molecular flexibility index (Phi) is 3.08. The van der Waals surface area contributed by atoms with Crippen LogP contribution in [0, 0.1) is 0 Å². The maximum atomic E-state index is 11.5. The predicted octanol–water partition coefficient (Wildman–Crippen LogP) is -0.250. The fraction of sp³-hybridized carbons (Fsp3) is 0.444. The number of aliphatic hydroxyl groups excluding tert-OH is 1. The third-order valence-corrected chi connectivity index (χ3v) is 1.92. The number of hydrogen-bond acceptors (Lipinski definition) is 5. The predicted molar refractivity (Wildman–Crippen MR) is 48.7 cm³/mol. The minimum Gasteiger partial charge on any atom is -0.509 e. The highest BCUT2D eigenvalue weighted by Gasteiger charge is 2.37. The molecule has 1 N–H and O–H groups in total. The maximum absolute atomic E-state index is 11.5. The topological polar surface area (TPSA) is 83.9 Å². The summed E-state index contributed by atoms with van der Waals surface area (Å²) in [5, 5.41) is 9.34. The van der Waals surface area contributed by atoms with Crippen LogP contribution in [0.5, 0.6) is 0 Å². The van der Waals surface area contributed by atoms with E-state index in [9.17, 15) is 19.5 Å². The first-order valence-corrected chi connectivity index (χ1v) is 4.40. The standard InChI is InChI=1S/C9H11NO5/c1-3-15-9(14)7-6(12)4-10(5(2)11)8(7)13/h12H,3-4H2,1-2H3. The van der Waals surface area contributed by atoms with E-state index in [0.29, 0.717) is 0 Å². The summed E-state index contributed by atoms with van der Waals surface area (Å²) in [6, 6.07) is 0. The Bertz CT molecular complexity index is 358. The highest BCUT2D eigenvalue weighted by atomic mass is 16.5. The first-order valence-electron chi connectivity index (χ1n) is 4.40. The number of nitrogens with zero attached hydrogens (tertiary/aromatic N) is 1. The summed E-state index contributed by atoms with van der Waals surface area (Å²) >= 11 is 0. The smallest absolute Gasteiger partial charge is 0.347 e. The Labute approximate surface area is 86.1 Å². The van der Waals surface area contributed by atoms with Crippen molar-refractivity contribution in [2.24, 2.45) is 0 Å². The van der Waals surface area contributed by atoms with Crippen molar-refractivity contribution in [2.75, 3.05) is 13.2 Å². The molecule has 0 saturated carbocycles. The van der Waals surface area contributed by atoms with Gasteiger partial charge in [0.05, 0.1) is 13.2 Å². The molecule has 2 amide bonds. The molecule has 6 nitrogen and oxygen atoms in total. The Morgan fingerprint density at radius 2 is 2.13 bits per heavy atom. The van der Waals surface area contributed by atoms with Crippen LogP contribution >= 0.6 is 0 Å². The monoisotopic (exact) mass is 213 g/mol. The second kappa shape index (κ2) is 4.12. The van der Waals surface area contributed by atoms with E-state index in [1.54, 1.807) is 6.92 Å². The van der Waals surface area contributed by atoms with Gasteiger partial charge in [0.2, 0.25) is 5.91 Å². The molecule has 0 aromatic rings. The molecule has 0 saturated heterocycles. The average molecular weight is 213 g/mol. The molecular formula is C9H11NO5. The fourth-order valence-corrected chi connectivity index (χ4v) is 1.22. The lowest BCUT2D eigenvalue weighted by Gasteiger charge is -2.10. The summed E-state index contributed by atoms with van der Waals surface area (Å²) in [6.07, 6.45) is 0. The van der Waals surface area contributed by atoms with Gasteiger partial charge < -0.3 is 9.84 Å². The van der Waals surface area contributed by atoms with Crippen LogP contribution in [0.2, 0.25) is 0 Å². The Morgan fingerprint density at radius 1 is 1.53 bits per heavy atom. The van der Waals surface area contributed by atoms with Crippen LogP contribution in [0.15, 0.2) is 11.3 Å². The molecule has 1 aliphatic rings.